The molecule has 0 heterocycles. The van der Waals surface area contributed by atoms with Gasteiger partial charge in [-0.15, -0.1) is 0 Å². The first kappa shape index (κ1) is 7.76. The summed E-state index contributed by atoms with van der Waals surface area (Å²) in [5.41, 5.74) is -0.105. The molecule has 47 valence electrons. The van der Waals surface area contributed by atoms with Crippen LogP contribution in [0.25, 0.3) is 0 Å². The molecule has 0 aliphatic heterocycles. The van der Waals surface area contributed by atoms with Gasteiger partial charge in [0.25, 0.3) is 0 Å². The molecular weight excluding hydrogens is 116 g/mol. The van der Waals surface area contributed by atoms with Gasteiger partial charge in [-0.3, -0.25) is 0 Å². The summed E-state index contributed by atoms with van der Waals surface area (Å²) in [7, 11) is 0.822. The molecule has 0 atom stereocenters. The largest absolute Gasteiger partial charge is 0.499 e. The lowest BCUT2D eigenvalue weighted by Crippen LogP contribution is -2.18. The van der Waals surface area contributed by atoms with Crippen LogP contribution in [0.1, 0.15) is 20.8 Å². The van der Waals surface area contributed by atoms with E-state index in [1.807, 2.05) is 20.8 Å². The lowest BCUT2D eigenvalue weighted by molar-refractivity contribution is 0.0676. The quantitative estimate of drug-likeness (QED) is 0.369. The standard InChI is InChI=1S/C6H13OSi/c1-5(8)7-6(2,3)4/h1H,2-4,8H3. The summed E-state index contributed by atoms with van der Waals surface area (Å²) in [5.74, 6) is 0. The third-order valence-electron chi connectivity index (χ3n) is 0.467. The first-order valence-corrected chi connectivity index (χ1v) is 3.70. The molecule has 0 N–H and O–H groups in total. The molecule has 0 fully saturated rings. The molecule has 0 saturated heterocycles. The molecule has 0 aromatic heterocycles. The van der Waals surface area contributed by atoms with E-state index in [2.05, 4.69) is 0 Å². The van der Waals surface area contributed by atoms with Gasteiger partial charge in [-0.2, -0.15) is 0 Å². The second-order valence-electron chi connectivity index (χ2n) is 2.83. The van der Waals surface area contributed by atoms with Gasteiger partial charge in [-0.25, -0.2) is 0 Å². The van der Waals surface area contributed by atoms with Crippen molar-refractivity contribution in [1.29, 1.82) is 0 Å². The van der Waals surface area contributed by atoms with Gasteiger partial charge in [-0.1, -0.05) is 0 Å². The number of hydrogen-bond donors (Lipinski definition) is 0. The molecule has 8 heavy (non-hydrogen) atoms. The fourth-order valence-corrected chi connectivity index (χ4v) is 1.10. The second-order valence-corrected chi connectivity index (χ2v) is 3.81. The molecule has 1 radical (unpaired) electrons. The molecular formula is C6H13OSi. The average Bonchev–Trinajstić information content (AvgIpc) is 1.21. The van der Waals surface area contributed by atoms with Gasteiger partial charge in [-0.05, 0) is 27.4 Å². The lowest BCUT2D eigenvalue weighted by atomic mass is 10.2. The number of hydrogen-bond acceptors (Lipinski definition) is 1. The molecule has 0 amide bonds. The molecule has 0 saturated carbocycles. The van der Waals surface area contributed by atoms with Crippen molar-refractivity contribution in [1.82, 2.24) is 0 Å². The number of rotatable bonds is 1. The van der Waals surface area contributed by atoms with Crippen molar-refractivity contribution in [2.75, 3.05) is 0 Å². The van der Waals surface area contributed by atoms with E-state index in [0.717, 1.165) is 10.2 Å². The van der Waals surface area contributed by atoms with Crippen molar-refractivity contribution in [3.05, 3.63) is 12.0 Å². The fraction of sp³-hybridized carbons (Fsp3) is 0.667. The zero-order chi connectivity index (χ0) is 6.78. The van der Waals surface area contributed by atoms with Crippen LogP contribution in [-0.2, 0) is 4.74 Å². The van der Waals surface area contributed by atoms with Gasteiger partial charge < -0.3 is 4.74 Å². The van der Waals surface area contributed by atoms with Gasteiger partial charge in [0.2, 0.25) is 0 Å². The lowest BCUT2D eigenvalue weighted by Gasteiger charge is -2.20. The molecule has 0 unspecified atom stereocenters. The van der Waals surface area contributed by atoms with Gasteiger partial charge in [0.1, 0.15) is 0 Å². The molecule has 0 spiro atoms. The predicted octanol–water partition coefficient (Wildman–Crippen LogP) is 0.441. The molecule has 0 aromatic carbocycles. The summed E-state index contributed by atoms with van der Waals surface area (Å²) in [5, 5.41) is 0.664. The first-order valence-electron chi connectivity index (χ1n) is 2.70. The van der Waals surface area contributed by atoms with Crippen molar-refractivity contribution in [2.45, 2.75) is 26.4 Å². The highest BCUT2D eigenvalue weighted by Gasteiger charge is 2.08. The van der Waals surface area contributed by atoms with Gasteiger partial charge in [0, 0.05) is 0 Å². The normalized spacial score (nSPS) is 11.4. The van der Waals surface area contributed by atoms with E-state index in [4.69, 9.17) is 11.3 Å². The van der Waals surface area contributed by atoms with E-state index in [1.54, 1.807) is 0 Å². The van der Waals surface area contributed by atoms with Crippen molar-refractivity contribution in [3.63, 3.8) is 0 Å². The maximum absolute atomic E-state index is 5.33. The van der Waals surface area contributed by atoms with Gasteiger partial charge >= 0.3 is 0 Å². The fourth-order valence-electron chi connectivity index (χ4n) is 0.483. The summed E-state index contributed by atoms with van der Waals surface area (Å²) in [6.45, 7) is 11.3. The Labute approximate surface area is 54.2 Å². The Morgan fingerprint density at radius 2 is 1.88 bits per heavy atom. The topological polar surface area (TPSA) is 9.23 Å². The Morgan fingerprint density at radius 1 is 1.50 bits per heavy atom. The van der Waals surface area contributed by atoms with Crippen LogP contribution >= 0.6 is 0 Å². The second kappa shape index (κ2) is 2.35. The molecule has 0 aliphatic rings. The monoisotopic (exact) mass is 129 g/mol. The summed E-state index contributed by atoms with van der Waals surface area (Å²) < 4.78 is 5.19. The summed E-state index contributed by atoms with van der Waals surface area (Å²) in [6, 6.07) is 0. The highest BCUT2D eigenvalue weighted by atomic mass is 28.1. The van der Waals surface area contributed by atoms with Crippen LogP contribution in [0.4, 0.5) is 0 Å². The van der Waals surface area contributed by atoms with Crippen molar-refractivity contribution in [3.8, 4) is 0 Å². The number of ether oxygens (including phenoxy) is 1. The Hall–Kier alpha value is -0.243. The smallest absolute Gasteiger partial charge is 0.0995 e. The average molecular weight is 129 g/mol. The highest BCUT2D eigenvalue weighted by molar-refractivity contribution is 6.19. The summed E-state index contributed by atoms with van der Waals surface area (Å²) in [6.07, 6.45) is 0. The Kier molecular flexibility index (Phi) is 2.28. The Morgan fingerprint density at radius 3 is 1.88 bits per heavy atom. The Balaban J connectivity index is 3.55. The van der Waals surface area contributed by atoms with Crippen LogP contribution in [0.5, 0.6) is 0 Å². The maximum Gasteiger partial charge on any atom is 0.0995 e. The predicted molar refractivity (Wildman–Crippen MR) is 38.6 cm³/mol. The van der Waals surface area contributed by atoms with Crippen LogP contribution in [0.15, 0.2) is 5.38 Å². The van der Waals surface area contributed by atoms with E-state index in [9.17, 15) is 0 Å². The van der Waals surface area contributed by atoms with E-state index in [1.165, 1.54) is 0 Å². The van der Waals surface area contributed by atoms with E-state index in [-0.39, 0.29) is 5.60 Å². The minimum Gasteiger partial charge on any atom is -0.499 e. The minimum absolute atomic E-state index is 0.105. The molecule has 0 rings (SSSR count). The van der Waals surface area contributed by atoms with Crippen LogP contribution in [-0.4, -0.2) is 15.8 Å². The zero-order valence-corrected chi connectivity index (χ0v) is 7.99. The summed E-state index contributed by atoms with van der Waals surface area (Å²) >= 11 is 0. The summed E-state index contributed by atoms with van der Waals surface area (Å²) in [4.78, 5) is 0. The van der Waals surface area contributed by atoms with Crippen LogP contribution in [0.3, 0.4) is 0 Å². The third-order valence-corrected chi connectivity index (χ3v) is 0.671. The molecule has 0 aliphatic carbocycles. The van der Waals surface area contributed by atoms with Crippen molar-refractivity contribution >= 4 is 10.2 Å². The minimum atomic E-state index is -0.105. The molecule has 1 nitrogen and oxygen atoms in total. The SMILES string of the molecule is [CH]=C([SiH3])OC(C)(C)C. The van der Waals surface area contributed by atoms with Gasteiger partial charge in [0.15, 0.2) is 0 Å². The Bertz CT molecular complexity index is 91.2. The van der Waals surface area contributed by atoms with E-state index >= 15 is 0 Å². The third kappa shape index (κ3) is 5.76. The highest BCUT2D eigenvalue weighted by Crippen LogP contribution is 2.08. The maximum atomic E-state index is 5.33. The van der Waals surface area contributed by atoms with Crippen molar-refractivity contribution in [2.24, 2.45) is 0 Å². The zero-order valence-electron chi connectivity index (χ0n) is 5.99. The van der Waals surface area contributed by atoms with Crippen LogP contribution < -0.4 is 0 Å². The molecule has 0 bridgehead atoms. The van der Waals surface area contributed by atoms with Crippen molar-refractivity contribution < 1.29 is 4.74 Å². The van der Waals surface area contributed by atoms with Gasteiger partial charge in [0.05, 0.1) is 21.2 Å². The van der Waals surface area contributed by atoms with E-state index in [0.29, 0.717) is 5.38 Å². The van der Waals surface area contributed by atoms with Crippen LogP contribution in [0, 0.1) is 6.58 Å². The molecule has 0 aromatic rings. The van der Waals surface area contributed by atoms with Crippen LogP contribution in [0.2, 0.25) is 0 Å². The first-order chi connectivity index (χ1) is 3.42. The van der Waals surface area contributed by atoms with E-state index < -0.39 is 0 Å². The molecule has 2 heteroatoms.